The maximum atomic E-state index is 13.0. The first-order valence-corrected chi connectivity index (χ1v) is 12.1. The van der Waals surface area contributed by atoms with Crippen LogP contribution in [-0.4, -0.2) is 32.8 Å². The summed E-state index contributed by atoms with van der Waals surface area (Å²) in [7, 11) is 0. The molecular formula is C24H26N4O3S. The van der Waals surface area contributed by atoms with Gasteiger partial charge in [-0.3, -0.25) is 19.0 Å². The summed E-state index contributed by atoms with van der Waals surface area (Å²) in [6.45, 7) is 1.64. The average molecular weight is 451 g/mol. The Morgan fingerprint density at radius 2 is 2.00 bits per heavy atom. The van der Waals surface area contributed by atoms with Crippen molar-refractivity contribution < 1.29 is 9.59 Å². The van der Waals surface area contributed by atoms with Crippen LogP contribution in [0, 0.1) is 0 Å². The zero-order valence-electron chi connectivity index (χ0n) is 17.9. The maximum absolute atomic E-state index is 13.0. The minimum atomic E-state index is -0.154. The molecule has 8 heteroatoms. The van der Waals surface area contributed by atoms with E-state index >= 15 is 0 Å². The molecule has 0 unspecified atom stereocenters. The van der Waals surface area contributed by atoms with Gasteiger partial charge in [0.05, 0.1) is 11.7 Å². The lowest BCUT2D eigenvalue weighted by atomic mass is 9.97. The molecule has 166 valence electrons. The molecule has 3 aromatic rings. The fourth-order valence-electron chi connectivity index (χ4n) is 4.62. The van der Waals surface area contributed by atoms with Crippen molar-refractivity contribution >= 4 is 39.1 Å². The normalized spacial score (nSPS) is 15.9. The number of nitrogens with one attached hydrogen (secondary N) is 1. The van der Waals surface area contributed by atoms with Gasteiger partial charge in [-0.25, -0.2) is 4.98 Å². The number of carbonyl (C=O) groups excluding carboxylic acids is 2. The summed E-state index contributed by atoms with van der Waals surface area (Å²) in [6.07, 6.45) is 7.53. The number of likely N-dealkylation sites (tertiary alicyclic amines) is 1. The molecule has 0 bridgehead atoms. The van der Waals surface area contributed by atoms with E-state index in [1.54, 1.807) is 22.2 Å². The van der Waals surface area contributed by atoms with Crippen molar-refractivity contribution in [3.63, 3.8) is 0 Å². The van der Waals surface area contributed by atoms with E-state index in [-0.39, 0.29) is 23.8 Å². The quantitative estimate of drug-likeness (QED) is 0.623. The second-order valence-corrected chi connectivity index (χ2v) is 9.64. The molecule has 0 spiro atoms. The Hall–Kier alpha value is -3.00. The van der Waals surface area contributed by atoms with Crippen molar-refractivity contribution in [3.8, 4) is 0 Å². The third kappa shape index (κ3) is 4.19. The van der Waals surface area contributed by atoms with E-state index in [9.17, 15) is 14.4 Å². The van der Waals surface area contributed by atoms with E-state index in [1.165, 1.54) is 16.9 Å². The lowest BCUT2D eigenvalue weighted by Crippen LogP contribution is -2.24. The number of fused-ring (bicyclic) bond motifs is 3. The minimum absolute atomic E-state index is 0.0422. The van der Waals surface area contributed by atoms with Crippen LogP contribution in [0.15, 0.2) is 35.4 Å². The molecule has 7 nitrogen and oxygen atoms in total. The number of anilines is 1. The molecule has 1 aromatic carbocycles. The summed E-state index contributed by atoms with van der Waals surface area (Å²) in [6, 6.07) is 7.59. The van der Waals surface area contributed by atoms with E-state index in [1.807, 2.05) is 29.2 Å². The van der Waals surface area contributed by atoms with E-state index < -0.39 is 0 Å². The second kappa shape index (κ2) is 8.86. The molecule has 1 N–H and O–H groups in total. The molecule has 1 aliphatic carbocycles. The molecule has 5 rings (SSSR count). The van der Waals surface area contributed by atoms with Crippen molar-refractivity contribution in [2.75, 3.05) is 11.9 Å². The van der Waals surface area contributed by atoms with E-state index in [2.05, 4.69) is 10.3 Å². The van der Waals surface area contributed by atoms with Crippen LogP contribution in [0.4, 0.5) is 5.69 Å². The fraction of sp³-hybridized carbons (Fsp3) is 0.417. The Morgan fingerprint density at radius 3 is 2.84 bits per heavy atom. The average Bonchev–Trinajstić information content (AvgIpc) is 3.37. The number of hydrogen-bond donors (Lipinski definition) is 1. The summed E-state index contributed by atoms with van der Waals surface area (Å²) in [4.78, 5) is 45.9. The smallest absolute Gasteiger partial charge is 0.262 e. The van der Waals surface area contributed by atoms with Crippen molar-refractivity contribution in [2.45, 2.75) is 58.0 Å². The number of aryl methyl sites for hydroxylation is 3. The summed E-state index contributed by atoms with van der Waals surface area (Å²) < 4.78 is 1.55. The van der Waals surface area contributed by atoms with Crippen LogP contribution < -0.4 is 10.9 Å². The lowest BCUT2D eigenvalue weighted by Gasteiger charge is -2.16. The van der Waals surface area contributed by atoms with Crippen LogP contribution in [0.25, 0.3) is 10.2 Å². The van der Waals surface area contributed by atoms with Gasteiger partial charge < -0.3 is 10.2 Å². The zero-order chi connectivity index (χ0) is 22.1. The molecule has 3 heterocycles. The van der Waals surface area contributed by atoms with Crippen LogP contribution in [0.3, 0.4) is 0 Å². The van der Waals surface area contributed by atoms with Gasteiger partial charge in [0, 0.05) is 43.0 Å². The SMILES string of the molecule is O=C(CCn1cnc2sc3c(c2c1=O)CCCC3)Nc1cccc(CN2CCCC2=O)c1. The molecule has 2 aliphatic rings. The number of amides is 2. The molecule has 0 radical (unpaired) electrons. The van der Waals surface area contributed by atoms with Crippen LogP contribution in [0.5, 0.6) is 0 Å². The maximum Gasteiger partial charge on any atom is 0.262 e. The minimum Gasteiger partial charge on any atom is -0.338 e. The number of thiophene rings is 1. The Kier molecular flexibility index (Phi) is 5.78. The van der Waals surface area contributed by atoms with Gasteiger partial charge in [0.1, 0.15) is 4.83 Å². The summed E-state index contributed by atoms with van der Waals surface area (Å²) >= 11 is 1.63. The van der Waals surface area contributed by atoms with Crippen LogP contribution in [-0.2, 0) is 35.5 Å². The van der Waals surface area contributed by atoms with Crippen molar-refractivity contribution in [2.24, 2.45) is 0 Å². The van der Waals surface area contributed by atoms with Gasteiger partial charge in [0.15, 0.2) is 0 Å². The number of aromatic nitrogens is 2. The molecule has 32 heavy (non-hydrogen) atoms. The number of nitrogens with zero attached hydrogens (tertiary/aromatic N) is 3. The standard InChI is InChI=1S/C24H26N4O3S/c29-20(26-17-6-3-5-16(13-17)14-27-11-4-9-21(27)30)10-12-28-15-25-23-22(24(28)31)18-7-1-2-8-19(18)32-23/h3,5-6,13,15H,1-2,4,7-12,14H2,(H,26,29). The summed E-state index contributed by atoms with van der Waals surface area (Å²) in [5.41, 5.74) is 2.82. The van der Waals surface area contributed by atoms with Crippen LogP contribution >= 0.6 is 11.3 Å². The van der Waals surface area contributed by atoms with Gasteiger partial charge in [-0.05, 0) is 55.4 Å². The molecule has 1 aliphatic heterocycles. The van der Waals surface area contributed by atoms with Crippen molar-refractivity contribution in [3.05, 3.63) is 57.0 Å². The molecule has 2 amide bonds. The Labute approximate surface area is 190 Å². The van der Waals surface area contributed by atoms with Crippen molar-refractivity contribution in [1.29, 1.82) is 0 Å². The first-order chi connectivity index (χ1) is 15.6. The first-order valence-electron chi connectivity index (χ1n) is 11.2. The molecule has 1 fully saturated rings. The number of rotatable bonds is 6. The van der Waals surface area contributed by atoms with Gasteiger partial charge in [-0.2, -0.15) is 0 Å². The molecular weight excluding hydrogens is 424 g/mol. The third-order valence-electron chi connectivity index (χ3n) is 6.28. The predicted molar refractivity (Wildman–Crippen MR) is 125 cm³/mol. The van der Waals surface area contributed by atoms with Gasteiger partial charge in [-0.1, -0.05) is 12.1 Å². The number of hydrogen-bond acceptors (Lipinski definition) is 5. The second-order valence-electron chi connectivity index (χ2n) is 8.55. The van der Waals surface area contributed by atoms with Gasteiger partial charge in [-0.15, -0.1) is 11.3 Å². The highest BCUT2D eigenvalue weighted by Crippen LogP contribution is 2.33. The van der Waals surface area contributed by atoms with E-state index in [0.29, 0.717) is 25.2 Å². The molecule has 0 saturated carbocycles. The van der Waals surface area contributed by atoms with Gasteiger partial charge in [0.25, 0.3) is 5.56 Å². The first kappa shape index (κ1) is 20.9. The van der Waals surface area contributed by atoms with E-state index in [0.717, 1.165) is 48.0 Å². The number of carbonyl (C=O) groups is 2. The summed E-state index contributed by atoms with van der Waals surface area (Å²) in [5.74, 6) is 0.0288. The molecule has 1 saturated heterocycles. The zero-order valence-corrected chi connectivity index (χ0v) is 18.7. The monoisotopic (exact) mass is 450 g/mol. The highest BCUT2D eigenvalue weighted by atomic mass is 32.1. The molecule has 2 aromatic heterocycles. The fourth-order valence-corrected chi connectivity index (χ4v) is 5.84. The van der Waals surface area contributed by atoms with Crippen LogP contribution in [0.2, 0.25) is 0 Å². The summed E-state index contributed by atoms with van der Waals surface area (Å²) in [5, 5.41) is 3.66. The topological polar surface area (TPSA) is 84.3 Å². The highest BCUT2D eigenvalue weighted by Gasteiger charge is 2.21. The Morgan fingerprint density at radius 1 is 1.12 bits per heavy atom. The molecule has 0 atom stereocenters. The van der Waals surface area contributed by atoms with Crippen molar-refractivity contribution in [1.82, 2.24) is 14.5 Å². The third-order valence-corrected chi connectivity index (χ3v) is 7.48. The lowest BCUT2D eigenvalue weighted by molar-refractivity contribution is -0.128. The van der Waals surface area contributed by atoms with Crippen LogP contribution in [0.1, 0.15) is 48.1 Å². The Balaban J connectivity index is 1.24. The number of benzene rings is 1. The highest BCUT2D eigenvalue weighted by molar-refractivity contribution is 7.18. The van der Waals surface area contributed by atoms with E-state index in [4.69, 9.17) is 0 Å². The van der Waals surface area contributed by atoms with Gasteiger partial charge >= 0.3 is 0 Å². The largest absolute Gasteiger partial charge is 0.338 e. The van der Waals surface area contributed by atoms with Gasteiger partial charge in [0.2, 0.25) is 11.8 Å². The Bertz CT molecular complexity index is 1250. The predicted octanol–water partition coefficient (Wildman–Crippen LogP) is 3.49.